The van der Waals surface area contributed by atoms with E-state index >= 15 is 0 Å². The van der Waals surface area contributed by atoms with Crippen LogP contribution in [0.2, 0.25) is 0 Å². The molecule has 30 heavy (non-hydrogen) atoms. The first kappa shape index (κ1) is 20.9. The first-order valence-electron chi connectivity index (χ1n) is 9.45. The fourth-order valence-electron chi connectivity index (χ4n) is 2.72. The van der Waals surface area contributed by atoms with E-state index < -0.39 is 24.4 Å². The minimum absolute atomic E-state index is 0.329. The van der Waals surface area contributed by atoms with Gasteiger partial charge in [0, 0.05) is 11.5 Å². The molecular weight excluding hydrogens is 384 g/mol. The third-order valence-corrected chi connectivity index (χ3v) is 4.25. The van der Waals surface area contributed by atoms with Crippen LogP contribution < -0.4 is 10.6 Å². The normalized spacial score (nSPS) is 11.9. The zero-order valence-corrected chi connectivity index (χ0v) is 16.5. The van der Waals surface area contributed by atoms with Crippen LogP contribution in [0.4, 0.5) is 0 Å². The molecule has 154 valence electrons. The summed E-state index contributed by atoms with van der Waals surface area (Å²) in [5, 5.41) is 6.06. The van der Waals surface area contributed by atoms with E-state index in [0.717, 1.165) is 16.5 Å². The maximum Gasteiger partial charge on any atom is 0.325 e. The van der Waals surface area contributed by atoms with E-state index in [9.17, 15) is 14.4 Å². The molecule has 1 atom stereocenters. The van der Waals surface area contributed by atoms with Crippen LogP contribution in [0.25, 0.3) is 17.0 Å². The molecule has 3 rings (SSSR count). The minimum Gasteiger partial charge on any atom is -0.459 e. The van der Waals surface area contributed by atoms with Gasteiger partial charge in [-0.2, -0.15) is 0 Å². The zero-order chi connectivity index (χ0) is 21.3. The molecular formula is C23H22N2O5. The monoisotopic (exact) mass is 406 g/mol. The van der Waals surface area contributed by atoms with Crippen molar-refractivity contribution in [1.82, 2.24) is 10.6 Å². The summed E-state index contributed by atoms with van der Waals surface area (Å²) in [6, 6.07) is 18.3. The van der Waals surface area contributed by atoms with Gasteiger partial charge in [0.05, 0.1) is 6.04 Å². The second-order valence-electron chi connectivity index (χ2n) is 6.60. The number of hydrogen-bond acceptors (Lipinski definition) is 5. The summed E-state index contributed by atoms with van der Waals surface area (Å²) in [6.45, 7) is 1.00. The van der Waals surface area contributed by atoms with E-state index in [4.69, 9.17) is 9.15 Å². The van der Waals surface area contributed by atoms with Crippen molar-refractivity contribution in [3.63, 3.8) is 0 Å². The molecule has 7 nitrogen and oxygen atoms in total. The van der Waals surface area contributed by atoms with Crippen molar-refractivity contribution in [2.24, 2.45) is 0 Å². The van der Waals surface area contributed by atoms with Crippen LogP contribution in [0.15, 0.2) is 71.2 Å². The second kappa shape index (κ2) is 10.1. The standard InChI is InChI=1S/C23H22N2O5/c1-16(20-13-18-9-5-6-10-19(18)30-20)25-22(27)15-29-23(28)14-24-21(26)12-11-17-7-3-2-4-8-17/h2-13,16H,14-15H2,1H3,(H,24,26)(H,25,27)/b12-11+/t16-/m1/s1. The van der Waals surface area contributed by atoms with Gasteiger partial charge in [-0.1, -0.05) is 48.5 Å². The van der Waals surface area contributed by atoms with Crippen LogP contribution in [0.3, 0.4) is 0 Å². The number of nitrogens with one attached hydrogen (secondary N) is 2. The van der Waals surface area contributed by atoms with Crippen molar-refractivity contribution in [3.8, 4) is 0 Å². The quantitative estimate of drug-likeness (QED) is 0.443. The molecule has 2 aromatic carbocycles. The van der Waals surface area contributed by atoms with Gasteiger partial charge in [0.25, 0.3) is 5.91 Å². The predicted molar refractivity (Wildman–Crippen MR) is 112 cm³/mol. The Bertz CT molecular complexity index is 1020. The van der Waals surface area contributed by atoms with E-state index in [1.165, 1.54) is 6.08 Å². The number of carbonyl (C=O) groups is 3. The molecule has 0 fully saturated rings. The summed E-state index contributed by atoms with van der Waals surface area (Å²) < 4.78 is 10.6. The molecule has 1 aromatic heterocycles. The number of ether oxygens (including phenoxy) is 1. The first-order chi connectivity index (χ1) is 14.5. The van der Waals surface area contributed by atoms with E-state index in [1.54, 1.807) is 13.0 Å². The number of esters is 1. The molecule has 0 bridgehead atoms. The minimum atomic E-state index is -0.706. The van der Waals surface area contributed by atoms with Crippen LogP contribution >= 0.6 is 0 Å². The van der Waals surface area contributed by atoms with Crippen molar-refractivity contribution in [3.05, 3.63) is 78.1 Å². The van der Waals surface area contributed by atoms with E-state index in [2.05, 4.69) is 10.6 Å². The lowest BCUT2D eigenvalue weighted by atomic mass is 10.2. The highest BCUT2D eigenvalue weighted by atomic mass is 16.5. The molecule has 7 heteroatoms. The summed E-state index contributed by atoms with van der Waals surface area (Å²) >= 11 is 0. The predicted octanol–water partition coefficient (Wildman–Crippen LogP) is 2.98. The molecule has 0 saturated heterocycles. The summed E-state index contributed by atoms with van der Waals surface area (Å²) in [5.41, 5.74) is 1.60. The van der Waals surface area contributed by atoms with Gasteiger partial charge in [-0.3, -0.25) is 14.4 Å². The maximum absolute atomic E-state index is 12.0. The van der Waals surface area contributed by atoms with Crippen molar-refractivity contribution in [2.75, 3.05) is 13.2 Å². The van der Waals surface area contributed by atoms with Crippen LogP contribution in [0, 0.1) is 0 Å². The largest absolute Gasteiger partial charge is 0.459 e. The number of carbonyl (C=O) groups excluding carboxylic acids is 3. The number of hydrogen-bond donors (Lipinski definition) is 2. The van der Waals surface area contributed by atoms with Crippen LogP contribution in [0.5, 0.6) is 0 Å². The fourth-order valence-corrected chi connectivity index (χ4v) is 2.72. The number of amides is 2. The molecule has 3 aromatic rings. The van der Waals surface area contributed by atoms with Gasteiger partial charge in [0.2, 0.25) is 5.91 Å². The average Bonchev–Trinajstić information content (AvgIpc) is 3.20. The van der Waals surface area contributed by atoms with Crippen LogP contribution in [0.1, 0.15) is 24.3 Å². The lowest BCUT2D eigenvalue weighted by Crippen LogP contribution is -2.34. The van der Waals surface area contributed by atoms with E-state index in [1.807, 2.05) is 60.7 Å². The lowest BCUT2D eigenvalue weighted by Gasteiger charge is -2.11. The molecule has 0 aliphatic heterocycles. The van der Waals surface area contributed by atoms with Crippen molar-refractivity contribution >= 4 is 34.8 Å². The second-order valence-corrected chi connectivity index (χ2v) is 6.60. The lowest BCUT2D eigenvalue weighted by molar-refractivity contribution is -0.148. The molecule has 0 saturated carbocycles. The molecule has 0 aliphatic carbocycles. The highest BCUT2D eigenvalue weighted by Crippen LogP contribution is 2.23. The van der Waals surface area contributed by atoms with E-state index in [0.29, 0.717) is 5.76 Å². The van der Waals surface area contributed by atoms with Gasteiger partial charge in [-0.05, 0) is 30.7 Å². The van der Waals surface area contributed by atoms with Gasteiger partial charge < -0.3 is 19.8 Å². The van der Waals surface area contributed by atoms with Crippen molar-refractivity contribution in [2.45, 2.75) is 13.0 Å². The molecule has 0 spiro atoms. The highest BCUT2D eigenvalue weighted by Gasteiger charge is 2.15. The van der Waals surface area contributed by atoms with Gasteiger partial charge in [-0.15, -0.1) is 0 Å². The Balaban J connectivity index is 1.38. The molecule has 1 heterocycles. The molecule has 0 radical (unpaired) electrons. The van der Waals surface area contributed by atoms with Gasteiger partial charge in [-0.25, -0.2) is 0 Å². The highest BCUT2D eigenvalue weighted by molar-refractivity contribution is 5.93. The molecule has 2 amide bonds. The Morgan fingerprint density at radius 2 is 1.80 bits per heavy atom. The van der Waals surface area contributed by atoms with E-state index in [-0.39, 0.29) is 12.6 Å². The smallest absolute Gasteiger partial charge is 0.325 e. The SMILES string of the molecule is C[C@@H](NC(=O)COC(=O)CNC(=O)/C=C/c1ccccc1)c1cc2ccccc2o1. The molecule has 0 unspecified atom stereocenters. The Kier molecular flexibility index (Phi) is 7.00. The van der Waals surface area contributed by atoms with Gasteiger partial charge >= 0.3 is 5.97 Å². The summed E-state index contributed by atoms with van der Waals surface area (Å²) in [5.74, 6) is -0.998. The topological polar surface area (TPSA) is 97.6 Å². The Morgan fingerprint density at radius 3 is 2.57 bits per heavy atom. The summed E-state index contributed by atoms with van der Waals surface area (Å²) in [4.78, 5) is 35.5. The zero-order valence-electron chi connectivity index (χ0n) is 16.5. The number of fused-ring (bicyclic) bond motifs is 1. The summed E-state index contributed by atoms with van der Waals surface area (Å²) in [6.07, 6.45) is 2.96. The molecule has 2 N–H and O–H groups in total. The van der Waals surface area contributed by atoms with Crippen LogP contribution in [-0.4, -0.2) is 30.9 Å². The molecule has 0 aliphatic rings. The third-order valence-electron chi connectivity index (χ3n) is 4.25. The van der Waals surface area contributed by atoms with Gasteiger partial charge in [0.1, 0.15) is 17.9 Å². The summed E-state index contributed by atoms with van der Waals surface area (Å²) in [7, 11) is 0. The third kappa shape index (κ3) is 6.07. The Morgan fingerprint density at radius 1 is 1.07 bits per heavy atom. The van der Waals surface area contributed by atoms with Crippen molar-refractivity contribution in [1.29, 1.82) is 0 Å². The Hall–Kier alpha value is -3.87. The fraction of sp³-hybridized carbons (Fsp3) is 0.174. The van der Waals surface area contributed by atoms with Crippen LogP contribution in [-0.2, 0) is 19.1 Å². The van der Waals surface area contributed by atoms with Gasteiger partial charge in [0.15, 0.2) is 6.61 Å². The number of benzene rings is 2. The number of furan rings is 1. The van der Waals surface area contributed by atoms with Crippen molar-refractivity contribution < 1.29 is 23.5 Å². The maximum atomic E-state index is 12.0. The Labute approximate surface area is 173 Å². The number of rotatable bonds is 8. The number of para-hydroxylation sites is 1. The average molecular weight is 406 g/mol. The first-order valence-corrected chi connectivity index (χ1v) is 9.45.